The standard InChI is InChI=1S/C34H55N3O8/c1-11-22(2)29(36(7)33(41)45-34(4,5)6)27(42-8)21-28(38)37-19-15-18-26(37)30(43-9)23(3)31(39)35-25(32(40)44-10)20-24-16-13-12-14-17-24/h12-14,16-17,22-23,25-27,29-30H,11,15,18-21H2,1-10H3,(H,35,39)/t22?,23?,25?,26-,27?,29?,30?/m0/s1. The summed E-state index contributed by atoms with van der Waals surface area (Å²) in [5.41, 5.74) is 0.223. The SMILES string of the molecule is CCC(C)C(C(CC(=O)N1CCC[C@H]1C(OC)C(C)C(=O)NC(Cc1ccccc1)C(=O)OC)OC)N(C)C(=O)OC(C)(C)C. The predicted molar refractivity (Wildman–Crippen MR) is 171 cm³/mol. The topological polar surface area (TPSA) is 124 Å². The van der Waals surface area contributed by atoms with Gasteiger partial charge in [0.1, 0.15) is 11.6 Å². The van der Waals surface area contributed by atoms with E-state index in [0.717, 1.165) is 18.4 Å². The molecule has 0 bridgehead atoms. The lowest BCUT2D eigenvalue weighted by molar-refractivity contribution is -0.147. The molecule has 0 saturated carbocycles. The molecule has 11 nitrogen and oxygen atoms in total. The van der Waals surface area contributed by atoms with Gasteiger partial charge >= 0.3 is 12.1 Å². The highest BCUT2D eigenvalue weighted by Gasteiger charge is 2.42. The van der Waals surface area contributed by atoms with Crippen LogP contribution in [0.3, 0.4) is 0 Å². The molecule has 0 aromatic heterocycles. The second-order valence-electron chi connectivity index (χ2n) is 13.0. The van der Waals surface area contributed by atoms with Crippen molar-refractivity contribution in [2.75, 3.05) is 34.9 Å². The molecular formula is C34H55N3O8. The van der Waals surface area contributed by atoms with E-state index < -0.39 is 47.9 Å². The number of ether oxygens (including phenoxy) is 4. The van der Waals surface area contributed by atoms with Crippen molar-refractivity contribution in [2.24, 2.45) is 11.8 Å². The van der Waals surface area contributed by atoms with Crippen molar-refractivity contribution in [1.29, 1.82) is 0 Å². The fourth-order valence-corrected chi connectivity index (χ4v) is 6.10. The van der Waals surface area contributed by atoms with Crippen molar-refractivity contribution >= 4 is 23.9 Å². The zero-order chi connectivity index (χ0) is 33.9. The van der Waals surface area contributed by atoms with Gasteiger partial charge in [0.2, 0.25) is 11.8 Å². The zero-order valence-corrected chi connectivity index (χ0v) is 28.8. The summed E-state index contributed by atoms with van der Waals surface area (Å²) in [6.45, 7) is 11.8. The molecule has 0 spiro atoms. The predicted octanol–water partition coefficient (Wildman–Crippen LogP) is 4.22. The lowest BCUT2D eigenvalue weighted by Crippen LogP contribution is -2.54. The van der Waals surface area contributed by atoms with Crippen molar-refractivity contribution < 1.29 is 38.1 Å². The highest BCUT2D eigenvalue weighted by molar-refractivity contribution is 5.86. The minimum Gasteiger partial charge on any atom is -0.467 e. The van der Waals surface area contributed by atoms with Gasteiger partial charge in [-0.05, 0) is 45.1 Å². The first-order valence-electron chi connectivity index (χ1n) is 15.9. The Hall–Kier alpha value is -3.18. The molecule has 11 heteroatoms. The average molecular weight is 634 g/mol. The van der Waals surface area contributed by atoms with Crippen LogP contribution in [0.25, 0.3) is 0 Å². The molecule has 0 aliphatic carbocycles. The van der Waals surface area contributed by atoms with E-state index >= 15 is 0 Å². The fourth-order valence-electron chi connectivity index (χ4n) is 6.10. The number of carbonyl (C=O) groups excluding carboxylic acids is 4. The number of nitrogens with one attached hydrogen (secondary N) is 1. The molecule has 1 N–H and O–H groups in total. The molecule has 1 aliphatic heterocycles. The van der Waals surface area contributed by atoms with Crippen molar-refractivity contribution in [3.63, 3.8) is 0 Å². The van der Waals surface area contributed by atoms with Crippen LogP contribution >= 0.6 is 0 Å². The Labute approximate surface area is 269 Å². The van der Waals surface area contributed by atoms with E-state index in [4.69, 9.17) is 18.9 Å². The second kappa shape index (κ2) is 17.5. The molecule has 1 heterocycles. The minimum atomic E-state index is -0.868. The van der Waals surface area contributed by atoms with E-state index in [2.05, 4.69) is 5.32 Å². The summed E-state index contributed by atoms with van der Waals surface area (Å²) in [5.74, 6) is -1.67. The molecule has 1 fully saturated rings. The van der Waals surface area contributed by atoms with Crippen LogP contribution in [0.1, 0.15) is 72.8 Å². The smallest absolute Gasteiger partial charge is 0.410 e. The van der Waals surface area contributed by atoms with Gasteiger partial charge in [-0.3, -0.25) is 9.59 Å². The number of rotatable bonds is 15. The number of hydrogen-bond donors (Lipinski definition) is 1. The first-order chi connectivity index (χ1) is 21.2. The first kappa shape index (κ1) is 38.0. The summed E-state index contributed by atoms with van der Waals surface area (Å²) < 4.78 is 22.3. The van der Waals surface area contributed by atoms with E-state index in [1.54, 1.807) is 30.9 Å². The van der Waals surface area contributed by atoms with Crippen LogP contribution in [0.5, 0.6) is 0 Å². The largest absolute Gasteiger partial charge is 0.467 e. The zero-order valence-electron chi connectivity index (χ0n) is 28.8. The number of methoxy groups -OCH3 is 3. The molecule has 6 unspecified atom stereocenters. The maximum Gasteiger partial charge on any atom is 0.410 e. The Kier molecular flexibility index (Phi) is 14.8. The number of amides is 3. The Balaban J connectivity index is 2.21. The average Bonchev–Trinajstić information content (AvgIpc) is 3.49. The van der Waals surface area contributed by atoms with Gasteiger partial charge in [-0.15, -0.1) is 0 Å². The van der Waals surface area contributed by atoms with Crippen LogP contribution in [0.15, 0.2) is 30.3 Å². The minimum absolute atomic E-state index is 0.0312. The van der Waals surface area contributed by atoms with Gasteiger partial charge in [0.05, 0.1) is 43.7 Å². The van der Waals surface area contributed by atoms with Gasteiger partial charge in [-0.1, -0.05) is 57.5 Å². The van der Waals surface area contributed by atoms with Crippen molar-refractivity contribution in [2.45, 2.75) is 110 Å². The van der Waals surface area contributed by atoms with Crippen LogP contribution in [0.4, 0.5) is 4.79 Å². The maximum absolute atomic E-state index is 13.9. The van der Waals surface area contributed by atoms with Gasteiger partial charge in [0, 0.05) is 34.2 Å². The number of benzene rings is 1. The molecule has 1 saturated heterocycles. The summed E-state index contributed by atoms with van der Waals surface area (Å²) in [6.07, 6.45) is 0.864. The summed E-state index contributed by atoms with van der Waals surface area (Å²) in [4.78, 5) is 56.2. The number of esters is 1. The van der Waals surface area contributed by atoms with Crippen molar-refractivity contribution in [1.82, 2.24) is 15.1 Å². The molecule has 1 aromatic carbocycles. The van der Waals surface area contributed by atoms with Gasteiger partial charge in [0.15, 0.2) is 0 Å². The molecule has 1 aromatic rings. The lowest BCUT2D eigenvalue weighted by atomic mass is 9.90. The van der Waals surface area contributed by atoms with E-state index in [1.165, 1.54) is 14.2 Å². The number of carbonyl (C=O) groups is 4. The third-order valence-corrected chi connectivity index (χ3v) is 8.68. The molecule has 0 radical (unpaired) electrons. The van der Waals surface area contributed by atoms with Crippen LogP contribution in [-0.4, -0.2) is 105 Å². The highest BCUT2D eigenvalue weighted by atomic mass is 16.6. The maximum atomic E-state index is 13.9. The van der Waals surface area contributed by atoms with E-state index in [-0.39, 0.29) is 36.6 Å². The van der Waals surface area contributed by atoms with Gasteiger partial charge in [0.25, 0.3) is 0 Å². The summed E-state index contributed by atoms with van der Waals surface area (Å²) >= 11 is 0. The molecule has 254 valence electrons. The Morgan fingerprint density at radius 2 is 1.69 bits per heavy atom. The van der Waals surface area contributed by atoms with Gasteiger partial charge in [-0.2, -0.15) is 0 Å². The third kappa shape index (κ3) is 10.7. The van der Waals surface area contributed by atoms with E-state index in [1.807, 2.05) is 65.0 Å². The van der Waals surface area contributed by atoms with Gasteiger partial charge in [-0.25, -0.2) is 9.59 Å². The Morgan fingerprint density at radius 1 is 1.04 bits per heavy atom. The molecule has 3 amide bonds. The van der Waals surface area contributed by atoms with Crippen LogP contribution in [0, 0.1) is 11.8 Å². The fraction of sp³-hybridized carbons (Fsp3) is 0.706. The van der Waals surface area contributed by atoms with Crippen LogP contribution < -0.4 is 5.32 Å². The van der Waals surface area contributed by atoms with Crippen molar-refractivity contribution in [3.05, 3.63) is 35.9 Å². The number of likely N-dealkylation sites (N-methyl/N-ethyl adjacent to an activating group) is 1. The summed E-state index contributed by atoms with van der Waals surface area (Å²) in [6, 6.07) is 7.78. The van der Waals surface area contributed by atoms with Crippen LogP contribution in [-0.2, 0) is 39.8 Å². The van der Waals surface area contributed by atoms with Crippen molar-refractivity contribution in [3.8, 4) is 0 Å². The third-order valence-electron chi connectivity index (χ3n) is 8.68. The number of nitrogens with zero attached hydrogens (tertiary/aromatic N) is 2. The normalized spacial score (nSPS) is 19.1. The second-order valence-corrected chi connectivity index (χ2v) is 13.0. The summed E-state index contributed by atoms with van der Waals surface area (Å²) in [7, 11) is 6.06. The number of likely N-dealkylation sites (tertiary alicyclic amines) is 1. The van der Waals surface area contributed by atoms with E-state index in [0.29, 0.717) is 13.0 Å². The molecule has 2 rings (SSSR count). The van der Waals surface area contributed by atoms with Crippen LogP contribution in [0.2, 0.25) is 0 Å². The quantitative estimate of drug-likeness (QED) is 0.285. The van der Waals surface area contributed by atoms with E-state index in [9.17, 15) is 19.2 Å². The summed E-state index contributed by atoms with van der Waals surface area (Å²) in [5, 5.41) is 2.85. The highest BCUT2D eigenvalue weighted by Crippen LogP contribution is 2.29. The molecule has 45 heavy (non-hydrogen) atoms. The number of hydrogen-bond acceptors (Lipinski definition) is 8. The molecule has 1 aliphatic rings. The van der Waals surface area contributed by atoms with Gasteiger partial charge < -0.3 is 34.1 Å². The first-order valence-corrected chi connectivity index (χ1v) is 15.9. The molecular weight excluding hydrogens is 578 g/mol. The lowest BCUT2D eigenvalue weighted by Gasteiger charge is -2.39. The Bertz CT molecular complexity index is 1110. The molecule has 7 atom stereocenters. The monoisotopic (exact) mass is 633 g/mol. The Morgan fingerprint density at radius 3 is 2.22 bits per heavy atom.